The van der Waals surface area contributed by atoms with Gasteiger partial charge in [0.1, 0.15) is 5.82 Å². The topological polar surface area (TPSA) is 54.3 Å². The Morgan fingerprint density at radius 3 is 2.58 bits per heavy atom. The van der Waals surface area contributed by atoms with Crippen molar-refractivity contribution in [2.75, 3.05) is 36.8 Å². The molecule has 1 aliphatic rings. The number of benzene rings is 1. The molecule has 7 heteroatoms. The second kappa shape index (κ2) is 8.89. The second-order valence-electron chi connectivity index (χ2n) is 6.14. The quantitative estimate of drug-likeness (QED) is 0.553. The average Bonchev–Trinajstić information content (AvgIpc) is 3.09. The molecule has 6 nitrogen and oxygen atoms in total. The summed E-state index contributed by atoms with van der Waals surface area (Å²) in [6.07, 6.45) is 2.65. The van der Waals surface area contributed by atoms with Crippen LogP contribution in [0.2, 0.25) is 0 Å². The van der Waals surface area contributed by atoms with E-state index >= 15 is 0 Å². The maximum absolute atomic E-state index is 12.6. The SMILES string of the molecule is C=CCn1c(CC)nnc1SCC(=O)N1CCN(c2ccccc2)CC1. The normalized spacial score (nSPS) is 14.5. The van der Waals surface area contributed by atoms with E-state index in [1.165, 1.54) is 17.4 Å². The number of para-hydroxylation sites is 1. The first-order valence-electron chi connectivity index (χ1n) is 8.96. The van der Waals surface area contributed by atoms with Gasteiger partial charge in [-0.3, -0.25) is 4.79 Å². The summed E-state index contributed by atoms with van der Waals surface area (Å²) in [5.74, 6) is 1.48. The lowest BCUT2D eigenvalue weighted by Gasteiger charge is -2.36. The number of nitrogens with zero attached hydrogens (tertiary/aromatic N) is 5. The summed E-state index contributed by atoms with van der Waals surface area (Å²) in [6, 6.07) is 10.4. The Hall–Kier alpha value is -2.28. The van der Waals surface area contributed by atoms with Crippen LogP contribution in [-0.4, -0.2) is 57.5 Å². The van der Waals surface area contributed by atoms with Crippen LogP contribution in [0.1, 0.15) is 12.7 Å². The molecule has 0 radical (unpaired) electrons. The summed E-state index contributed by atoms with van der Waals surface area (Å²) in [5, 5.41) is 9.21. The van der Waals surface area contributed by atoms with Gasteiger partial charge >= 0.3 is 0 Å². The Morgan fingerprint density at radius 1 is 1.19 bits per heavy atom. The van der Waals surface area contributed by atoms with Crippen LogP contribution in [0.15, 0.2) is 48.1 Å². The van der Waals surface area contributed by atoms with Crippen molar-refractivity contribution in [3.05, 3.63) is 48.8 Å². The molecule has 1 aromatic carbocycles. The molecule has 138 valence electrons. The molecule has 0 atom stereocenters. The van der Waals surface area contributed by atoms with Gasteiger partial charge in [-0.1, -0.05) is 43.0 Å². The monoisotopic (exact) mass is 371 g/mol. The van der Waals surface area contributed by atoms with E-state index in [1.807, 2.05) is 33.7 Å². The molecule has 0 unspecified atom stereocenters. The highest BCUT2D eigenvalue weighted by atomic mass is 32.2. The van der Waals surface area contributed by atoms with Gasteiger partial charge in [0.2, 0.25) is 5.91 Å². The summed E-state index contributed by atoms with van der Waals surface area (Å²) in [4.78, 5) is 16.8. The molecule has 0 aliphatic carbocycles. The standard InChI is InChI=1S/C19H25N5OS/c1-3-10-24-17(4-2)20-21-19(24)26-15-18(25)23-13-11-22(12-14-23)16-8-6-5-7-9-16/h3,5-9H,1,4,10-15H2,2H3. The number of anilines is 1. The summed E-state index contributed by atoms with van der Waals surface area (Å²) in [7, 11) is 0. The fourth-order valence-corrected chi connectivity index (χ4v) is 3.94. The predicted molar refractivity (Wildman–Crippen MR) is 106 cm³/mol. The molecule has 2 aromatic rings. The Balaban J connectivity index is 1.52. The molecule has 1 aromatic heterocycles. The molecule has 1 aliphatic heterocycles. The van der Waals surface area contributed by atoms with Crippen LogP contribution in [-0.2, 0) is 17.8 Å². The van der Waals surface area contributed by atoms with Crippen molar-refractivity contribution in [2.24, 2.45) is 0 Å². The maximum atomic E-state index is 12.6. The van der Waals surface area contributed by atoms with E-state index in [2.05, 4.69) is 40.7 Å². The van der Waals surface area contributed by atoms with E-state index in [0.717, 1.165) is 43.6 Å². The zero-order valence-electron chi connectivity index (χ0n) is 15.2. The molecule has 0 spiro atoms. The Morgan fingerprint density at radius 2 is 1.92 bits per heavy atom. The number of piperazine rings is 1. The van der Waals surface area contributed by atoms with Gasteiger partial charge in [0.15, 0.2) is 5.16 Å². The summed E-state index contributed by atoms with van der Waals surface area (Å²) in [5.41, 5.74) is 1.22. The van der Waals surface area contributed by atoms with E-state index in [1.54, 1.807) is 0 Å². The molecule has 3 rings (SSSR count). The number of carbonyl (C=O) groups excluding carboxylic acids is 1. The van der Waals surface area contributed by atoms with Crippen LogP contribution in [0.4, 0.5) is 5.69 Å². The molecule has 1 fully saturated rings. The third kappa shape index (κ3) is 4.27. The first kappa shape index (κ1) is 18.5. The van der Waals surface area contributed by atoms with E-state index in [9.17, 15) is 4.79 Å². The number of aromatic nitrogens is 3. The highest BCUT2D eigenvalue weighted by Gasteiger charge is 2.22. The van der Waals surface area contributed by atoms with Crippen LogP contribution in [0.25, 0.3) is 0 Å². The van der Waals surface area contributed by atoms with E-state index in [4.69, 9.17) is 0 Å². The number of allylic oxidation sites excluding steroid dienone is 1. The van der Waals surface area contributed by atoms with Gasteiger partial charge in [0.25, 0.3) is 0 Å². The fraction of sp³-hybridized carbons (Fsp3) is 0.421. The third-order valence-corrected chi connectivity index (χ3v) is 5.45. The summed E-state index contributed by atoms with van der Waals surface area (Å²) in [6.45, 7) is 9.76. The smallest absolute Gasteiger partial charge is 0.233 e. The number of hydrogen-bond donors (Lipinski definition) is 0. The van der Waals surface area contributed by atoms with Gasteiger partial charge in [-0.05, 0) is 12.1 Å². The van der Waals surface area contributed by atoms with Crippen molar-refractivity contribution in [3.63, 3.8) is 0 Å². The zero-order valence-corrected chi connectivity index (χ0v) is 16.0. The summed E-state index contributed by atoms with van der Waals surface area (Å²) < 4.78 is 2.03. The van der Waals surface area contributed by atoms with Gasteiger partial charge in [0.05, 0.1) is 5.75 Å². The number of carbonyl (C=O) groups is 1. The van der Waals surface area contributed by atoms with Gasteiger partial charge < -0.3 is 14.4 Å². The minimum absolute atomic E-state index is 0.161. The van der Waals surface area contributed by atoms with Crippen LogP contribution in [0.3, 0.4) is 0 Å². The average molecular weight is 372 g/mol. The summed E-state index contributed by atoms with van der Waals surface area (Å²) >= 11 is 1.46. The first-order chi connectivity index (χ1) is 12.7. The fourth-order valence-electron chi connectivity index (χ4n) is 3.07. The van der Waals surface area contributed by atoms with Gasteiger partial charge in [-0.25, -0.2) is 0 Å². The molecular weight excluding hydrogens is 346 g/mol. The highest BCUT2D eigenvalue weighted by Crippen LogP contribution is 2.20. The van der Waals surface area contributed by atoms with Crippen molar-refractivity contribution >= 4 is 23.4 Å². The Labute approximate surface area is 158 Å². The second-order valence-corrected chi connectivity index (χ2v) is 7.09. The predicted octanol–water partition coefficient (Wildman–Crippen LogP) is 2.47. The molecule has 2 heterocycles. The molecule has 0 N–H and O–H groups in total. The highest BCUT2D eigenvalue weighted by molar-refractivity contribution is 7.99. The van der Waals surface area contributed by atoms with Crippen LogP contribution >= 0.6 is 11.8 Å². The van der Waals surface area contributed by atoms with Gasteiger partial charge in [-0.15, -0.1) is 16.8 Å². The number of aryl methyl sites for hydroxylation is 1. The molecule has 26 heavy (non-hydrogen) atoms. The molecule has 0 bridgehead atoms. The van der Waals surface area contributed by atoms with Crippen molar-refractivity contribution in [2.45, 2.75) is 25.0 Å². The Kier molecular flexibility index (Phi) is 6.33. The van der Waals surface area contributed by atoms with Crippen LogP contribution in [0.5, 0.6) is 0 Å². The van der Waals surface area contributed by atoms with Gasteiger partial charge in [0, 0.05) is 44.8 Å². The van der Waals surface area contributed by atoms with E-state index < -0.39 is 0 Å². The van der Waals surface area contributed by atoms with Crippen LogP contribution < -0.4 is 4.90 Å². The number of thioether (sulfide) groups is 1. The lowest BCUT2D eigenvalue weighted by atomic mass is 10.2. The molecule has 0 saturated carbocycles. The van der Waals surface area contributed by atoms with Gasteiger partial charge in [-0.2, -0.15) is 0 Å². The lowest BCUT2D eigenvalue weighted by Crippen LogP contribution is -2.49. The van der Waals surface area contributed by atoms with Crippen molar-refractivity contribution < 1.29 is 4.79 Å². The molecule has 1 amide bonds. The largest absolute Gasteiger partial charge is 0.368 e. The zero-order chi connectivity index (χ0) is 18.4. The van der Waals surface area contributed by atoms with E-state index in [-0.39, 0.29) is 5.91 Å². The number of amides is 1. The molecular formula is C19H25N5OS. The number of rotatable bonds is 7. The lowest BCUT2D eigenvalue weighted by molar-refractivity contribution is -0.128. The van der Waals surface area contributed by atoms with Crippen molar-refractivity contribution in [1.82, 2.24) is 19.7 Å². The molecule has 1 saturated heterocycles. The minimum Gasteiger partial charge on any atom is -0.368 e. The number of hydrogen-bond acceptors (Lipinski definition) is 5. The minimum atomic E-state index is 0.161. The van der Waals surface area contributed by atoms with Crippen molar-refractivity contribution in [1.29, 1.82) is 0 Å². The Bertz CT molecular complexity index is 738. The third-order valence-electron chi connectivity index (χ3n) is 4.50. The first-order valence-corrected chi connectivity index (χ1v) is 9.95. The van der Waals surface area contributed by atoms with E-state index in [0.29, 0.717) is 12.3 Å². The van der Waals surface area contributed by atoms with Crippen molar-refractivity contribution in [3.8, 4) is 0 Å². The maximum Gasteiger partial charge on any atom is 0.233 e. The van der Waals surface area contributed by atoms with Crippen LogP contribution in [0, 0.1) is 0 Å².